The lowest BCUT2D eigenvalue weighted by Gasteiger charge is -2.38. The normalized spacial score (nSPS) is 18.1. The van der Waals surface area contributed by atoms with Crippen LogP contribution in [0.1, 0.15) is 20.3 Å². The summed E-state index contributed by atoms with van der Waals surface area (Å²) in [6.45, 7) is 7.96. The van der Waals surface area contributed by atoms with Crippen LogP contribution >= 0.6 is 0 Å². The predicted octanol–water partition coefficient (Wildman–Crippen LogP) is 1.25. The van der Waals surface area contributed by atoms with Crippen LogP contribution in [0.3, 0.4) is 0 Å². The highest BCUT2D eigenvalue weighted by molar-refractivity contribution is 5.59. The van der Waals surface area contributed by atoms with Crippen molar-refractivity contribution in [1.82, 2.24) is 24.5 Å². The van der Waals surface area contributed by atoms with Crippen molar-refractivity contribution in [3.8, 4) is 11.6 Å². The molecule has 0 radical (unpaired) electrons. The number of nitrogens with zero attached hydrogens (tertiary/aromatic N) is 6. The van der Waals surface area contributed by atoms with Crippen molar-refractivity contribution >= 4 is 17.4 Å². The third-order valence-corrected chi connectivity index (χ3v) is 5.10. The number of rotatable bonds is 5. The number of furan rings is 1. The quantitative estimate of drug-likeness (QED) is 0.690. The Kier molecular flexibility index (Phi) is 4.48. The average Bonchev–Trinajstić information content (AvgIpc) is 3.31. The number of piperazine rings is 1. The molecule has 1 aliphatic rings. The van der Waals surface area contributed by atoms with Crippen LogP contribution in [0.15, 0.2) is 28.9 Å². The van der Waals surface area contributed by atoms with Crippen LogP contribution < -0.4 is 10.6 Å². The van der Waals surface area contributed by atoms with Crippen molar-refractivity contribution in [3.63, 3.8) is 0 Å². The third-order valence-electron chi connectivity index (χ3n) is 5.10. The summed E-state index contributed by atoms with van der Waals surface area (Å²) in [6, 6.07) is 5.50. The molecule has 0 bridgehead atoms. The van der Waals surface area contributed by atoms with E-state index >= 15 is 0 Å². The Balaban J connectivity index is 1.51. The smallest absolute Gasteiger partial charge is 0.225 e. The van der Waals surface area contributed by atoms with Gasteiger partial charge in [-0.25, -0.2) is 4.98 Å². The lowest BCUT2D eigenvalue weighted by molar-refractivity contribution is 0.0149. The number of anilines is 2. The summed E-state index contributed by atoms with van der Waals surface area (Å²) in [5.41, 5.74) is 6.10. The van der Waals surface area contributed by atoms with Gasteiger partial charge in [-0.1, -0.05) is 6.92 Å². The fourth-order valence-electron chi connectivity index (χ4n) is 3.30. The topological polar surface area (TPSA) is 109 Å². The molecule has 9 nitrogen and oxygen atoms in total. The minimum atomic E-state index is -0.645. The Labute approximate surface area is 157 Å². The molecule has 0 amide bonds. The second-order valence-electron chi connectivity index (χ2n) is 7.27. The van der Waals surface area contributed by atoms with Gasteiger partial charge in [-0.3, -0.25) is 4.90 Å². The molecule has 1 aliphatic heterocycles. The monoisotopic (exact) mass is 371 g/mol. The molecule has 1 unspecified atom stereocenters. The SMILES string of the molecule is CCC(C)(O)CN1CCN(c2cc3nc(-c4ccco4)nn3c(N)n2)CC1. The van der Waals surface area contributed by atoms with E-state index in [1.165, 1.54) is 4.52 Å². The zero-order chi connectivity index (χ0) is 19.0. The molecule has 0 spiro atoms. The highest BCUT2D eigenvalue weighted by atomic mass is 16.3. The van der Waals surface area contributed by atoms with Crippen LogP contribution in [0, 0.1) is 0 Å². The Hall–Kier alpha value is -2.65. The minimum absolute atomic E-state index is 0.296. The van der Waals surface area contributed by atoms with E-state index in [4.69, 9.17) is 10.2 Å². The van der Waals surface area contributed by atoms with E-state index in [0.717, 1.165) is 38.4 Å². The summed E-state index contributed by atoms with van der Waals surface area (Å²) in [4.78, 5) is 13.5. The number of aliphatic hydroxyl groups is 1. The molecule has 3 aromatic rings. The second-order valence-corrected chi connectivity index (χ2v) is 7.27. The van der Waals surface area contributed by atoms with E-state index in [1.54, 1.807) is 12.3 Å². The molecule has 0 aliphatic carbocycles. The fraction of sp³-hybridized carbons (Fsp3) is 0.500. The third kappa shape index (κ3) is 3.60. The molecular formula is C18H25N7O2. The van der Waals surface area contributed by atoms with Crippen molar-refractivity contribution in [2.24, 2.45) is 0 Å². The molecule has 1 saturated heterocycles. The Bertz CT molecular complexity index is 911. The zero-order valence-electron chi connectivity index (χ0n) is 15.7. The molecule has 1 fully saturated rings. The van der Waals surface area contributed by atoms with Crippen molar-refractivity contribution in [2.75, 3.05) is 43.4 Å². The van der Waals surface area contributed by atoms with Crippen LogP contribution in [0.25, 0.3) is 17.2 Å². The maximum Gasteiger partial charge on any atom is 0.225 e. The molecular weight excluding hydrogens is 346 g/mol. The van der Waals surface area contributed by atoms with Gasteiger partial charge in [0.25, 0.3) is 0 Å². The number of hydrogen-bond donors (Lipinski definition) is 2. The summed E-state index contributed by atoms with van der Waals surface area (Å²) in [5.74, 6) is 2.16. The highest BCUT2D eigenvalue weighted by Gasteiger charge is 2.26. The predicted molar refractivity (Wildman–Crippen MR) is 102 cm³/mol. The molecule has 27 heavy (non-hydrogen) atoms. The molecule has 3 N–H and O–H groups in total. The van der Waals surface area contributed by atoms with Crippen molar-refractivity contribution in [2.45, 2.75) is 25.9 Å². The van der Waals surface area contributed by atoms with Gasteiger partial charge < -0.3 is 20.2 Å². The number of nitrogens with two attached hydrogens (primary N) is 1. The van der Waals surface area contributed by atoms with Crippen LogP contribution in [0.5, 0.6) is 0 Å². The first-order valence-electron chi connectivity index (χ1n) is 9.22. The standard InChI is InChI=1S/C18H25N7O2/c1-3-18(2,26)12-23-6-8-24(9-7-23)14-11-15-20-16(13-5-4-10-27-13)22-25(15)17(19)21-14/h4-5,10-11,26H,3,6-9,12H2,1-2H3,(H2,19,21). The lowest BCUT2D eigenvalue weighted by Crippen LogP contribution is -2.51. The van der Waals surface area contributed by atoms with E-state index in [9.17, 15) is 5.11 Å². The van der Waals surface area contributed by atoms with Gasteiger partial charge in [0.1, 0.15) is 5.82 Å². The van der Waals surface area contributed by atoms with Gasteiger partial charge in [0, 0.05) is 38.8 Å². The summed E-state index contributed by atoms with van der Waals surface area (Å²) in [6.07, 6.45) is 2.33. The number of hydrogen-bond acceptors (Lipinski definition) is 8. The Morgan fingerprint density at radius 3 is 2.70 bits per heavy atom. The van der Waals surface area contributed by atoms with Crippen molar-refractivity contribution in [1.29, 1.82) is 0 Å². The zero-order valence-corrected chi connectivity index (χ0v) is 15.7. The van der Waals surface area contributed by atoms with Gasteiger partial charge in [0.2, 0.25) is 11.8 Å². The van der Waals surface area contributed by atoms with Crippen LogP contribution in [-0.2, 0) is 0 Å². The van der Waals surface area contributed by atoms with Gasteiger partial charge in [0.15, 0.2) is 11.4 Å². The summed E-state index contributed by atoms with van der Waals surface area (Å²) < 4.78 is 6.88. The molecule has 9 heteroatoms. The Morgan fingerprint density at radius 1 is 1.26 bits per heavy atom. The second kappa shape index (κ2) is 6.82. The van der Waals surface area contributed by atoms with Gasteiger partial charge in [-0.2, -0.15) is 9.50 Å². The van der Waals surface area contributed by atoms with Crippen molar-refractivity contribution < 1.29 is 9.52 Å². The molecule has 0 aromatic carbocycles. The summed E-state index contributed by atoms with van der Waals surface area (Å²) in [5, 5.41) is 14.7. The van der Waals surface area contributed by atoms with Gasteiger partial charge in [0.05, 0.1) is 11.9 Å². The average molecular weight is 371 g/mol. The minimum Gasteiger partial charge on any atom is -0.461 e. The van der Waals surface area contributed by atoms with Crippen LogP contribution in [0.4, 0.5) is 11.8 Å². The van der Waals surface area contributed by atoms with E-state index in [2.05, 4.69) is 24.9 Å². The molecule has 0 saturated carbocycles. The molecule has 4 heterocycles. The fourth-order valence-corrected chi connectivity index (χ4v) is 3.30. The number of fused-ring (bicyclic) bond motifs is 1. The molecule has 3 aromatic heterocycles. The number of nitrogen functional groups attached to an aromatic ring is 1. The number of aromatic nitrogens is 4. The van der Waals surface area contributed by atoms with Crippen LogP contribution in [-0.4, -0.2) is 67.9 Å². The highest BCUT2D eigenvalue weighted by Crippen LogP contribution is 2.22. The van der Waals surface area contributed by atoms with Gasteiger partial charge in [-0.05, 0) is 25.5 Å². The molecule has 144 valence electrons. The van der Waals surface area contributed by atoms with E-state index in [0.29, 0.717) is 29.7 Å². The van der Waals surface area contributed by atoms with Gasteiger partial charge >= 0.3 is 0 Å². The van der Waals surface area contributed by atoms with Crippen molar-refractivity contribution in [3.05, 3.63) is 24.5 Å². The maximum atomic E-state index is 10.3. The summed E-state index contributed by atoms with van der Waals surface area (Å²) >= 11 is 0. The number of β-amino-alcohol motifs (C(OH)–C–C–N with tert-alkyl or cyclic N) is 1. The van der Waals surface area contributed by atoms with Crippen LogP contribution in [0.2, 0.25) is 0 Å². The first kappa shape index (κ1) is 17.7. The molecule has 1 atom stereocenters. The van der Waals surface area contributed by atoms with E-state index in [1.807, 2.05) is 26.0 Å². The largest absolute Gasteiger partial charge is 0.461 e. The van der Waals surface area contributed by atoms with Gasteiger partial charge in [-0.15, -0.1) is 5.10 Å². The summed E-state index contributed by atoms with van der Waals surface area (Å²) in [7, 11) is 0. The van der Waals surface area contributed by atoms with E-state index < -0.39 is 5.60 Å². The first-order valence-corrected chi connectivity index (χ1v) is 9.22. The first-order chi connectivity index (χ1) is 12.9. The lowest BCUT2D eigenvalue weighted by atomic mass is 10.0. The maximum absolute atomic E-state index is 10.3. The van der Waals surface area contributed by atoms with E-state index in [-0.39, 0.29) is 0 Å². The molecule has 4 rings (SSSR count). The Morgan fingerprint density at radius 2 is 2.04 bits per heavy atom.